The van der Waals surface area contributed by atoms with Gasteiger partial charge in [0.05, 0.1) is 32.0 Å². The largest absolute Gasteiger partial charge is 0.393 e. The van der Waals surface area contributed by atoms with Gasteiger partial charge < -0.3 is 24.1 Å². The molecule has 1 spiro atoms. The van der Waals surface area contributed by atoms with Crippen molar-refractivity contribution in [3.05, 3.63) is 11.6 Å². The maximum absolute atomic E-state index is 10.5. The van der Waals surface area contributed by atoms with Gasteiger partial charge in [0, 0.05) is 25.0 Å². The number of rotatable bonds is 4. The fourth-order valence-corrected chi connectivity index (χ4v) is 9.04. The van der Waals surface area contributed by atoms with Gasteiger partial charge in [-0.25, -0.2) is 0 Å². The molecule has 0 aromatic heterocycles. The van der Waals surface area contributed by atoms with Crippen LogP contribution in [0.15, 0.2) is 11.6 Å². The maximum atomic E-state index is 10.5. The summed E-state index contributed by atoms with van der Waals surface area (Å²) >= 11 is 0. The highest BCUT2D eigenvalue weighted by Crippen LogP contribution is 2.69. The minimum Gasteiger partial charge on any atom is -0.393 e. The Morgan fingerprint density at radius 1 is 1.03 bits per heavy atom. The molecule has 2 aliphatic heterocycles. The highest BCUT2D eigenvalue weighted by Gasteiger charge is 2.67. The van der Waals surface area contributed by atoms with E-state index in [-0.39, 0.29) is 28.8 Å². The van der Waals surface area contributed by atoms with E-state index in [2.05, 4.69) is 13.0 Å². The first-order valence-corrected chi connectivity index (χ1v) is 13.4. The lowest BCUT2D eigenvalue weighted by Gasteiger charge is -2.59. The SMILES string of the molecule is C[C@]12CC[C@H]3[C@@H](CC=C4C[C@@H](O)CC[C@@]43CCOC3CCCOC3)[C@@H]1CCC21OCCO1. The van der Waals surface area contributed by atoms with E-state index in [9.17, 15) is 5.11 Å². The quantitative estimate of drug-likeness (QED) is 0.639. The van der Waals surface area contributed by atoms with Crippen molar-refractivity contribution in [3.63, 3.8) is 0 Å². The van der Waals surface area contributed by atoms with Crippen LogP contribution in [0.5, 0.6) is 0 Å². The van der Waals surface area contributed by atoms with E-state index in [0.717, 1.165) is 78.0 Å². The first kappa shape index (κ1) is 22.0. The van der Waals surface area contributed by atoms with Crippen LogP contribution >= 0.6 is 0 Å². The minimum absolute atomic E-state index is 0.140. The molecule has 0 aromatic carbocycles. The Balaban J connectivity index is 1.24. The number of allylic oxidation sites excluding steroid dienone is 1. The zero-order chi connectivity index (χ0) is 21.8. The standard InChI is InChI=1S/C27H42O5/c1-25-9-7-24-22(23(25)8-11-27(25)31-15-16-32-27)5-4-19-17-20(28)6-10-26(19,24)12-14-30-21-3-2-13-29-18-21/h4,20-24,28H,2-3,5-18H2,1H3/t20-,21?,22-,23-,24-,25-,26+/m0/s1. The summed E-state index contributed by atoms with van der Waals surface area (Å²) < 4.78 is 24.7. The lowest BCUT2D eigenvalue weighted by atomic mass is 9.46. The molecule has 0 aromatic rings. The number of ether oxygens (including phenoxy) is 4. The average Bonchev–Trinajstić information content (AvgIpc) is 3.40. The van der Waals surface area contributed by atoms with Crippen LogP contribution in [-0.2, 0) is 18.9 Å². The summed E-state index contributed by atoms with van der Waals surface area (Å²) in [6.45, 7) is 6.43. The average molecular weight is 447 g/mol. The van der Waals surface area contributed by atoms with Crippen molar-refractivity contribution in [1.82, 2.24) is 0 Å². The van der Waals surface area contributed by atoms with Crippen molar-refractivity contribution < 1.29 is 24.1 Å². The Bertz CT molecular complexity index is 724. The number of hydrogen-bond acceptors (Lipinski definition) is 5. The molecule has 5 fully saturated rings. The molecular weight excluding hydrogens is 404 g/mol. The monoisotopic (exact) mass is 446 g/mol. The number of fused-ring (bicyclic) bond motifs is 6. The molecule has 6 rings (SSSR count). The molecule has 1 N–H and O–H groups in total. The maximum Gasteiger partial charge on any atom is 0.174 e. The fourth-order valence-electron chi connectivity index (χ4n) is 9.04. The molecule has 180 valence electrons. The summed E-state index contributed by atoms with van der Waals surface area (Å²) in [5, 5.41) is 10.5. The van der Waals surface area contributed by atoms with Gasteiger partial charge in [0.25, 0.3) is 0 Å². The molecule has 4 aliphatic carbocycles. The Kier molecular flexibility index (Phi) is 5.74. The third-order valence-electron chi connectivity index (χ3n) is 10.6. The van der Waals surface area contributed by atoms with E-state index in [1.807, 2.05) is 0 Å². The van der Waals surface area contributed by atoms with Crippen molar-refractivity contribution in [2.75, 3.05) is 33.0 Å². The van der Waals surface area contributed by atoms with Gasteiger partial charge in [-0.15, -0.1) is 0 Å². The van der Waals surface area contributed by atoms with E-state index < -0.39 is 0 Å². The van der Waals surface area contributed by atoms with Gasteiger partial charge in [0.2, 0.25) is 0 Å². The Morgan fingerprint density at radius 2 is 1.88 bits per heavy atom. The molecule has 0 radical (unpaired) electrons. The highest BCUT2D eigenvalue weighted by atomic mass is 16.7. The van der Waals surface area contributed by atoms with Crippen molar-refractivity contribution in [1.29, 1.82) is 0 Å². The van der Waals surface area contributed by atoms with Gasteiger partial charge in [-0.05, 0) is 87.4 Å². The third kappa shape index (κ3) is 3.29. The molecule has 2 heterocycles. The van der Waals surface area contributed by atoms with Crippen LogP contribution in [0.25, 0.3) is 0 Å². The number of hydrogen-bond donors (Lipinski definition) is 1. The molecule has 1 unspecified atom stereocenters. The van der Waals surface area contributed by atoms with Crippen LogP contribution < -0.4 is 0 Å². The summed E-state index contributed by atoms with van der Waals surface area (Å²) in [6.07, 6.45) is 14.8. The van der Waals surface area contributed by atoms with E-state index >= 15 is 0 Å². The normalized spacial score (nSPS) is 47.6. The molecule has 2 saturated heterocycles. The molecule has 0 bridgehead atoms. The second-order valence-corrected chi connectivity index (χ2v) is 11.8. The van der Waals surface area contributed by atoms with E-state index in [0.29, 0.717) is 17.8 Å². The first-order chi connectivity index (χ1) is 15.6. The van der Waals surface area contributed by atoms with Crippen LogP contribution in [0.1, 0.15) is 77.6 Å². The zero-order valence-corrected chi connectivity index (χ0v) is 19.9. The second-order valence-electron chi connectivity index (χ2n) is 11.8. The van der Waals surface area contributed by atoms with Crippen molar-refractivity contribution >= 4 is 0 Å². The number of aliphatic hydroxyl groups is 1. The molecule has 7 atom stereocenters. The summed E-state index contributed by atoms with van der Waals surface area (Å²) in [5.41, 5.74) is 1.90. The third-order valence-corrected chi connectivity index (χ3v) is 10.6. The minimum atomic E-state index is -0.327. The van der Waals surface area contributed by atoms with Crippen LogP contribution in [0, 0.1) is 28.6 Å². The Hall–Kier alpha value is -0.460. The summed E-state index contributed by atoms with van der Waals surface area (Å²) in [6, 6.07) is 0. The van der Waals surface area contributed by atoms with E-state index in [1.54, 1.807) is 5.57 Å². The van der Waals surface area contributed by atoms with Crippen molar-refractivity contribution in [2.45, 2.75) is 95.5 Å². The molecular formula is C27H42O5. The Labute approximate surface area is 193 Å². The molecule has 3 saturated carbocycles. The van der Waals surface area contributed by atoms with Crippen LogP contribution in [0.2, 0.25) is 0 Å². The van der Waals surface area contributed by atoms with Crippen LogP contribution in [-0.4, -0.2) is 56.1 Å². The topological polar surface area (TPSA) is 57.2 Å². The smallest absolute Gasteiger partial charge is 0.174 e. The van der Waals surface area contributed by atoms with Gasteiger partial charge in [0.1, 0.15) is 0 Å². The van der Waals surface area contributed by atoms with Crippen molar-refractivity contribution in [2.24, 2.45) is 28.6 Å². The molecule has 6 aliphatic rings. The predicted octanol–water partition coefficient (Wildman–Crippen LogP) is 4.62. The fraction of sp³-hybridized carbons (Fsp3) is 0.926. The van der Waals surface area contributed by atoms with Gasteiger partial charge >= 0.3 is 0 Å². The molecule has 5 heteroatoms. The number of aliphatic hydroxyl groups excluding tert-OH is 1. The lowest BCUT2D eigenvalue weighted by Crippen LogP contribution is -2.55. The Morgan fingerprint density at radius 3 is 2.69 bits per heavy atom. The van der Waals surface area contributed by atoms with Gasteiger partial charge in [-0.2, -0.15) is 0 Å². The van der Waals surface area contributed by atoms with Crippen molar-refractivity contribution in [3.8, 4) is 0 Å². The molecule has 5 nitrogen and oxygen atoms in total. The molecule has 0 amide bonds. The van der Waals surface area contributed by atoms with Crippen LogP contribution in [0.3, 0.4) is 0 Å². The summed E-state index contributed by atoms with van der Waals surface area (Å²) in [5.74, 6) is 1.76. The lowest BCUT2D eigenvalue weighted by molar-refractivity contribution is -0.242. The highest BCUT2D eigenvalue weighted by molar-refractivity contribution is 5.27. The van der Waals surface area contributed by atoms with Gasteiger partial charge in [-0.3, -0.25) is 0 Å². The van der Waals surface area contributed by atoms with Gasteiger partial charge in [0.15, 0.2) is 5.79 Å². The second kappa shape index (κ2) is 8.34. The van der Waals surface area contributed by atoms with E-state index in [4.69, 9.17) is 18.9 Å². The van der Waals surface area contributed by atoms with Gasteiger partial charge in [-0.1, -0.05) is 18.6 Å². The summed E-state index contributed by atoms with van der Waals surface area (Å²) in [4.78, 5) is 0. The van der Waals surface area contributed by atoms with E-state index in [1.165, 1.54) is 25.7 Å². The first-order valence-electron chi connectivity index (χ1n) is 13.4. The van der Waals surface area contributed by atoms with Crippen LogP contribution in [0.4, 0.5) is 0 Å². The summed E-state index contributed by atoms with van der Waals surface area (Å²) in [7, 11) is 0. The molecule has 32 heavy (non-hydrogen) atoms. The zero-order valence-electron chi connectivity index (χ0n) is 19.9. The predicted molar refractivity (Wildman–Crippen MR) is 121 cm³/mol.